The van der Waals surface area contributed by atoms with Crippen LogP contribution in [-0.4, -0.2) is 23.9 Å². The highest BCUT2D eigenvalue weighted by Crippen LogP contribution is 2.13. The summed E-state index contributed by atoms with van der Waals surface area (Å²) in [4.78, 5) is 0. The third kappa shape index (κ3) is 6.38. The molecule has 0 aromatic rings. The van der Waals surface area contributed by atoms with Crippen LogP contribution in [0.2, 0.25) is 0 Å². The van der Waals surface area contributed by atoms with E-state index in [4.69, 9.17) is 9.84 Å². The Kier molecular flexibility index (Phi) is 5.18. The summed E-state index contributed by atoms with van der Waals surface area (Å²) in [5, 5.41) is 8.71. The SMILES string of the molecule is CC(C)=CCOC(C)(C)CCO. The zero-order valence-electron chi connectivity index (χ0n) is 8.55. The first-order chi connectivity index (χ1) is 5.48. The molecule has 0 aromatic heterocycles. The van der Waals surface area contributed by atoms with E-state index in [1.165, 1.54) is 5.57 Å². The lowest BCUT2D eigenvalue weighted by Crippen LogP contribution is -2.25. The molecule has 0 atom stereocenters. The van der Waals surface area contributed by atoms with Crippen molar-refractivity contribution in [2.45, 2.75) is 39.7 Å². The lowest BCUT2D eigenvalue weighted by atomic mass is 10.1. The molecule has 0 spiro atoms. The van der Waals surface area contributed by atoms with Crippen LogP contribution in [0.1, 0.15) is 34.1 Å². The molecule has 0 aliphatic rings. The minimum atomic E-state index is -0.208. The first-order valence-corrected chi connectivity index (χ1v) is 4.36. The monoisotopic (exact) mass is 172 g/mol. The summed E-state index contributed by atoms with van der Waals surface area (Å²) in [6, 6.07) is 0. The maximum Gasteiger partial charge on any atom is 0.0657 e. The molecule has 1 N–H and O–H groups in total. The molecule has 72 valence electrons. The van der Waals surface area contributed by atoms with Crippen LogP contribution in [-0.2, 0) is 4.74 Å². The van der Waals surface area contributed by atoms with Gasteiger partial charge in [0, 0.05) is 6.61 Å². The molecule has 0 saturated heterocycles. The summed E-state index contributed by atoms with van der Waals surface area (Å²) >= 11 is 0. The van der Waals surface area contributed by atoms with E-state index in [2.05, 4.69) is 0 Å². The van der Waals surface area contributed by atoms with Gasteiger partial charge >= 0.3 is 0 Å². The second kappa shape index (κ2) is 5.33. The highest BCUT2D eigenvalue weighted by Gasteiger charge is 2.16. The Hall–Kier alpha value is -0.340. The highest BCUT2D eigenvalue weighted by atomic mass is 16.5. The number of hydrogen-bond donors (Lipinski definition) is 1. The number of aliphatic hydroxyl groups is 1. The molecule has 0 amide bonds. The molecule has 0 rings (SSSR count). The van der Waals surface area contributed by atoms with Gasteiger partial charge in [0.1, 0.15) is 0 Å². The van der Waals surface area contributed by atoms with Gasteiger partial charge in [-0.1, -0.05) is 11.6 Å². The van der Waals surface area contributed by atoms with E-state index in [1.54, 1.807) is 0 Å². The molecule has 0 unspecified atom stereocenters. The van der Waals surface area contributed by atoms with Crippen LogP contribution in [0, 0.1) is 0 Å². The summed E-state index contributed by atoms with van der Waals surface area (Å²) in [5.41, 5.74) is 1.05. The number of allylic oxidation sites excluding steroid dienone is 1. The topological polar surface area (TPSA) is 29.5 Å². The number of hydrogen-bond acceptors (Lipinski definition) is 2. The second-order valence-corrected chi connectivity index (χ2v) is 3.83. The van der Waals surface area contributed by atoms with Gasteiger partial charge in [-0.25, -0.2) is 0 Å². The fraction of sp³-hybridized carbons (Fsp3) is 0.800. The normalized spacial score (nSPS) is 11.4. The number of rotatable bonds is 5. The van der Waals surface area contributed by atoms with Gasteiger partial charge in [-0.05, 0) is 34.1 Å². The summed E-state index contributed by atoms with van der Waals surface area (Å²) in [7, 11) is 0. The second-order valence-electron chi connectivity index (χ2n) is 3.83. The van der Waals surface area contributed by atoms with Gasteiger partial charge in [0.2, 0.25) is 0 Å². The molecule has 0 saturated carbocycles. The van der Waals surface area contributed by atoms with E-state index in [-0.39, 0.29) is 12.2 Å². The molecular formula is C10H20O2. The first kappa shape index (κ1) is 11.7. The maximum atomic E-state index is 8.71. The first-order valence-electron chi connectivity index (χ1n) is 4.36. The predicted molar refractivity (Wildman–Crippen MR) is 51.2 cm³/mol. The molecule has 2 nitrogen and oxygen atoms in total. The molecule has 0 aromatic carbocycles. The van der Waals surface area contributed by atoms with Crippen LogP contribution in [0.25, 0.3) is 0 Å². The minimum Gasteiger partial charge on any atom is -0.396 e. The molecule has 12 heavy (non-hydrogen) atoms. The van der Waals surface area contributed by atoms with Crippen molar-refractivity contribution in [1.82, 2.24) is 0 Å². The van der Waals surface area contributed by atoms with E-state index in [9.17, 15) is 0 Å². The summed E-state index contributed by atoms with van der Waals surface area (Å²) in [6.07, 6.45) is 2.72. The number of ether oxygens (including phenoxy) is 1. The van der Waals surface area contributed by atoms with Crippen LogP contribution in [0.5, 0.6) is 0 Å². The van der Waals surface area contributed by atoms with E-state index >= 15 is 0 Å². The van der Waals surface area contributed by atoms with Crippen LogP contribution in [0.3, 0.4) is 0 Å². The van der Waals surface area contributed by atoms with Gasteiger partial charge in [-0.15, -0.1) is 0 Å². The van der Waals surface area contributed by atoms with Crippen LogP contribution in [0.4, 0.5) is 0 Å². The minimum absolute atomic E-state index is 0.182. The molecule has 0 aliphatic carbocycles. The average molecular weight is 172 g/mol. The molecule has 0 fully saturated rings. The van der Waals surface area contributed by atoms with Crippen molar-refractivity contribution in [3.05, 3.63) is 11.6 Å². The Morgan fingerprint density at radius 1 is 1.42 bits per heavy atom. The zero-order chi connectivity index (χ0) is 9.61. The summed E-state index contributed by atoms with van der Waals surface area (Å²) in [5.74, 6) is 0. The van der Waals surface area contributed by atoms with Gasteiger partial charge in [0.05, 0.1) is 12.2 Å². The van der Waals surface area contributed by atoms with E-state index in [0.29, 0.717) is 13.0 Å². The van der Waals surface area contributed by atoms with Crippen LogP contribution < -0.4 is 0 Å². The lowest BCUT2D eigenvalue weighted by molar-refractivity contribution is -0.0179. The molecular weight excluding hydrogens is 152 g/mol. The molecule has 0 radical (unpaired) electrons. The molecule has 2 heteroatoms. The largest absolute Gasteiger partial charge is 0.396 e. The fourth-order valence-corrected chi connectivity index (χ4v) is 0.775. The third-order valence-electron chi connectivity index (χ3n) is 1.68. The molecule has 0 heterocycles. The quantitative estimate of drug-likeness (QED) is 0.644. The van der Waals surface area contributed by atoms with E-state index < -0.39 is 0 Å². The van der Waals surface area contributed by atoms with Gasteiger partial charge < -0.3 is 9.84 Å². The Balaban J connectivity index is 3.68. The Morgan fingerprint density at radius 3 is 2.42 bits per heavy atom. The van der Waals surface area contributed by atoms with Crippen LogP contribution in [0.15, 0.2) is 11.6 Å². The van der Waals surface area contributed by atoms with E-state index in [1.807, 2.05) is 33.8 Å². The van der Waals surface area contributed by atoms with Crippen molar-refractivity contribution in [3.63, 3.8) is 0 Å². The summed E-state index contributed by atoms with van der Waals surface area (Å²) in [6.45, 7) is 8.88. The van der Waals surface area contributed by atoms with Gasteiger partial charge in [0.25, 0.3) is 0 Å². The molecule has 0 aliphatic heterocycles. The third-order valence-corrected chi connectivity index (χ3v) is 1.68. The zero-order valence-corrected chi connectivity index (χ0v) is 8.55. The maximum absolute atomic E-state index is 8.71. The standard InChI is InChI=1S/C10H20O2/c1-9(2)5-8-12-10(3,4)6-7-11/h5,11H,6-8H2,1-4H3. The van der Waals surface area contributed by atoms with E-state index in [0.717, 1.165) is 0 Å². The Bertz CT molecular complexity index is 144. The van der Waals surface area contributed by atoms with Crippen molar-refractivity contribution >= 4 is 0 Å². The Labute approximate surface area is 75.2 Å². The van der Waals surface area contributed by atoms with Gasteiger partial charge in [-0.3, -0.25) is 0 Å². The van der Waals surface area contributed by atoms with Crippen molar-refractivity contribution in [3.8, 4) is 0 Å². The number of aliphatic hydroxyl groups excluding tert-OH is 1. The summed E-state index contributed by atoms with van der Waals surface area (Å²) < 4.78 is 5.54. The smallest absolute Gasteiger partial charge is 0.0657 e. The fourth-order valence-electron chi connectivity index (χ4n) is 0.775. The molecule has 0 bridgehead atoms. The Morgan fingerprint density at radius 2 is 2.00 bits per heavy atom. The average Bonchev–Trinajstić information content (AvgIpc) is 1.85. The van der Waals surface area contributed by atoms with Crippen molar-refractivity contribution in [1.29, 1.82) is 0 Å². The van der Waals surface area contributed by atoms with Crippen LogP contribution >= 0.6 is 0 Å². The van der Waals surface area contributed by atoms with Crippen molar-refractivity contribution < 1.29 is 9.84 Å². The van der Waals surface area contributed by atoms with Gasteiger partial charge in [-0.2, -0.15) is 0 Å². The predicted octanol–water partition coefficient (Wildman–Crippen LogP) is 2.13. The van der Waals surface area contributed by atoms with Gasteiger partial charge in [0.15, 0.2) is 0 Å². The highest BCUT2D eigenvalue weighted by molar-refractivity contribution is 4.93. The lowest BCUT2D eigenvalue weighted by Gasteiger charge is -2.23. The van der Waals surface area contributed by atoms with Crippen molar-refractivity contribution in [2.75, 3.05) is 13.2 Å². The van der Waals surface area contributed by atoms with Crippen molar-refractivity contribution in [2.24, 2.45) is 0 Å².